The van der Waals surface area contributed by atoms with E-state index in [4.69, 9.17) is 4.52 Å². The van der Waals surface area contributed by atoms with E-state index in [1.165, 1.54) is 18.4 Å². The van der Waals surface area contributed by atoms with E-state index < -0.39 is 0 Å². The standard InChI is InChI=1S/C18H22N6OS/c1-14-19-17(25-22-14)13-26-18-21-20-16(12-23-9-5-6-10-23)24(18)11-15-7-3-2-4-8-15/h2-4,7-8H,5-6,9-13H2,1H3. The van der Waals surface area contributed by atoms with Crippen LogP contribution < -0.4 is 0 Å². The van der Waals surface area contributed by atoms with Gasteiger partial charge in [-0.3, -0.25) is 4.90 Å². The van der Waals surface area contributed by atoms with Gasteiger partial charge in [0.25, 0.3) is 0 Å². The van der Waals surface area contributed by atoms with Crippen molar-refractivity contribution in [1.29, 1.82) is 0 Å². The van der Waals surface area contributed by atoms with Gasteiger partial charge in [-0.25, -0.2) is 0 Å². The Bertz CT molecular complexity index is 841. The minimum absolute atomic E-state index is 0.595. The Morgan fingerprint density at radius 1 is 1.08 bits per heavy atom. The van der Waals surface area contributed by atoms with Crippen molar-refractivity contribution in [2.75, 3.05) is 13.1 Å². The highest BCUT2D eigenvalue weighted by Gasteiger charge is 2.19. The second kappa shape index (κ2) is 8.01. The summed E-state index contributed by atoms with van der Waals surface area (Å²) in [6.45, 7) is 5.72. The highest BCUT2D eigenvalue weighted by Crippen LogP contribution is 2.23. The zero-order valence-electron chi connectivity index (χ0n) is 14.8. The molecule has 4 rings (SSSR count). The van der Waals surface area contributed by atoms with Gasteiger partial charge in [0, 0.05) is 0 Å². The summed E-state index contributed by atoms with van der Waals surface area (Å²) < 4.78 is 7.42. The molecule has 1 aliphatic heterocycles. The molecule has 1 aromatic carbocycles. The third-order valence-electron chi connectivity index (χ3n) is 4.44. The maximum absolute atomic E-state index is 5.21. The van der Waals surface area contributed by atoms with Crippen LogP contribution in [0.3, 0.4) is 0 Å². The molecule has 0 radical (unpaired) electrons. The summed E-state index contributed by atoms with van der Waals surface area (Å²) in [5.41, 5.74) is 1.24. The molecular formula is C18H22N6OS. The van der Waals surface area contributed by atoms with E-state index >= 15 is 0 Å². The smallest absolute Gasteiger partial charge is 0.237 e. The summed E-state index contributed by atoms with van der Waals surface area (Å²) in [4.78, 5) is 6.71. The van der Waals surface area contributed by atoms with Crippen molar-refractivity contribution in [1.82, 2.24) is 29.8 Å². The predicted molar refractivity (Wildman–Crippen MR) is 98.7 cm³/mol. The number of aromatic nitrogens is 5. The maximum atomic E-state index is 5.21. The Hall–Kier alpha value is -2.19. The molecule has 7 nitrogen and oxygen atoms in total. The van der Waals surface area contributed by atoms with E-state index in [1.54, 1.807) is 11.8 Å². The van der Waals surface area contributed by atoms with Crippen LogP contribution in [0.5, 0.6) is 0 Å². The number of aryl methyl sites for hydroxylation is 1. The second-order valence-electron chi connectivity index (χ2n) is 6.48. The molecule has 1 saturated heterocycles. The zero-order valence-corrected chi connectivity index (χ0v) is 15.7. The number of nitrogens with zero attached hydrogens (tertiary/aromatic N) is 6. The average Bonchev–Trinajstić information content (AvgIpc) is 3.38. The molecular weight excluding hydrogens is 348 g/mol. The van der Waals surface area contributed by atoms with Crippen molar-refractivity contribution in [2.24, 2.45) is 0 Å². The molecule has 8 heteroatoms. The molecule has 0 N–H and O–H groups in total. The van der Waals surface area contributed by atoms with E-state index in [0.29, 0.717) is 17.5 Å². The first-order valence-electron chi connectivity index (χ1n) is 8.88. The number of likely N-dealkylation sites (tertiary alicyclic amines) is 1. The van der Waals surface area contributed by atoms with Gasteiger partial charge in [-0.1, -0.05) is 47.3 Å². The molecule has 3 aromatic rings. The van der Waals surface area contributed by atoms with Crippen molar-refractivity contribution in [3.63, 3.8) is 0 Å². The molecule has 0 unspecified atom stereocenters. The number of hydrogen-bond donors (Lipinski definition) is 0. The highest BCUT2D eigenvalue weighted by atomic mass is 32.2. The Kier molecular flexibility index (Phi) is 5.31. The number of rotatable bonds is 7. The van der Waals surface area contributed by atoms with Crippen LogP contribution in [0.1, 0.15) is 35.9 Å². The molecule has 0 saturated carbocycles. The molecule has 0 atom stereocenters. The van der Waals surface area contributed by atoms with Crippen LogP contribution >= 0.6 is 11.8 Å². The van der Waals surface area contributed by atoms with Gasteiger partial charge in [-0.15, -0.1) is 10.2 Å². The summed E-state index contributed by atoms with van der Waals surface area (Å²) in [6.07, 6.45) is 2.54. The second-order valence-corrected chi connectivity index (χ2v) is 7.42. The molecule has 0 aliphatic carbocycles. The summed E-state index contributed by atoms with van der Waals surface area (Å²) in [6, 6.07) is 10.4. The number of thioether (sulfide) groups is 1. The molecule has 3 heterocycles. The third-order valence-corrected chi connectivity index (χ3v) is 5.39. The van der Waals surface area contributed by atoms with Gasteiger partial charge in [-0.2, -0.15) is 4.98 Å². The normalized spacial score (nSPS) is 15.0. The predicted octanol–water partition coefficient (Wildman–Crippen LogP) is 2.91. The topological polar surface area (TPSA) is 72.9 Å². The van der Waals surface area contributed by atoms with Crippen molar-refractivity contribution < 1.29 is 4.52 Å². The summed E-state index contributed by atoms with van der Waals surface area (Å²) in [7, 11) is 0. The van der Waals surface area contributed by atoms with Crippen LogP contribution in [0.2, 0.25) is 0 Å². The molecule has 0 bridgehead atoms. The van der Waals surface area contributed by atoms with Gasteiger partial charge < -0.3 is 9.09 Å². The van der Waals surface area contributed by atoms with Crippen LogP contribution in [-0.2, 0) is 18.8 Å². The SMILES string of the molecule is Cc1noc(CSc2nnc(CN3CCCC3)n2Cc2ccccc2)n1. The third kappa shape index (κ3) is 4.13. The van der Waals surface area contributed by atoms with Crippen LogP contribution in [0, 0.1) is 6.92 Å². The van der Waals surface area contributed by atoms with Crippen LogP contribution in [0.25, 0.3) is 0 Å². The van der Waals surface area contributed by atoms with E-state index in [2.05, 4.69) is 54.1 Å². The monoisotopic (exact) mass is 370 g/mol. The van der Waals surface area contributed by atoms with Gasteiger partial charge in [-0.05, 0) is 38.4 Å². The summed E-state index contributed by atoms with van der Waals surface area (Å²) in [5, 5.41) is 13.6. The highest BCUT2D eigenvalue weighted by molar-refractivity contribution is 7.98. The Morgan fingerprint density at radius 3 is 2.62 bits per heavy atom. The fourth-order valence-corrected chi connectivity index (χ4v) is 3.93. The molecule has 1 aliphatic rings. The minimum Gasteiger partial charge on any atom is -0.338 e. The first-order chi connectivity index (χ1) is 12.8. The average molecular weight is 370 g/mol. The first-order valence-corrected chi connectivity index (χ1v) is 9.87. The van der Waals surface area contributed by atoms with Gasteiger partial charge in [0.2, 0.25) is 5.89 Å². The first kappa shape index (κ1) is 17.2. The van der Waals surface area contributed by atoms with E-state index in [1.807, 2.05) is 13.0 Å². The quantitative estimate of drug-likeness (QED) is 0.592. The van der Waals surface area contributed by atoms with Gasteiger partial charge in [0.15, 0.2) is 11.0 Å². The minimum atomic E-state index is 0.595. The van der Waals surface area contributed by atoms with Crippen molar-refractivity contribution >= 4 is 11.8 Å². The Balaban J connectivity index is 1.54. The van der Waals surface area contributed by atoms with E-state index in [-0.39, 0.29) is 0 Å². The fourth-order valence-electron chi connectivity index (χ4n) is 3.13. The summed E-state index contributed by atoms with van der Waals surface area (Å²) in [5.74, 6) is 2.88. The van der Waals surface area contributed by atoms with Gasteiger partial charge >= 0.3 is 0 Å². The lowest BCUT2D eigenvalue weighted by Crippen LogP contribution is -2.21. The maximum Gasteiger partial charge on any atom is 0.237 e. The molecule has 0 amide bonds. The van der Waals surface area contributed by atoms with E-state index in [0.717, 1.165) is 37.2 Å². The molecule has 0 spiro atoms. The van der Waals surface area contributed by atoms with Crippen molar-refractivity contribution in [2.45, 2.75) is 43.8 Å². The van der Waals surface area contributed by atoms with Crippen LogP contribution in [0.15, 0.2) is 40.0 Å². The lowest BCUT2D eigenvalue weighted by atomic mass is 10.2. The van der Waals surface area contributed by atoms with Gasteiger partial charge in [0.05, 0.1) is 18.8 Å². The molecule has 2 aromatic heterocycles. The lowest BCUT2D eigenvalue weighted by Gasteiger charge is -2.15. The van der Waals surface area contributed by atoms with Gasteiger partial charge in [0.1, 0.15) is 5.82 Å². The number of benzene rings is 1. The van der Waals surface area contributed by atoms with E-state index in [9.17, 15) is 0 Å². The Labute approximate surface area is 156 Å². The zero-order chi connectivity index (χ0) is 17.8. The molecule has 136 valence electrons. The van der Waals surface area contributed by atoms with Crippen molar-refractivity contribution in [3.8, 4) is 0 Å². The van der Waals surface area contributed by atoms with Crippen LogP contribution in [0.4, 0.5) is 0 Å². The van der Waals surface area contributed by atoms with Crippen LogP contribution in [-0.4, -0.2) is 42.9 Å². The Morgan fingerprint density at radius 2 is 1.88 bits per heavy atom. The summed E-state index contributed by atoms with van der Waals surface area (Å²) >= 11 is 1.59. The van der Waals surface area contributed by atoms with Crippen molar-refractivity contribution in [3.05, 3.63) is 53.4 Å². The molecule has 1 fully saturated rings. The molecule has 26 heavy (non-hydrogen) atoms. The largest absolute Gasteiger partial charge is 0.338 e. The lowest BCUT2D eigenvalue weighted by molar-refractivity contribution is 0.316. The number of hydrogen-bond acceptors (Lipinski definition) is 7. The fraction of sp³-hybridized carbons (Fsp3) is 0.444.